The molecule has 0 aliphatic carbocycles. The van der Waals surface area contributed by atoms with Gasteiger partial charge in [-0.1, -0.05) is 23.2 Å². The van der Waals surface area contributed by atoms with Crippen LogP contribution in [0.15, 0.2) is 12.1 Å². The van der Waals surface area contributed by atoms with Gasteiger partial charge in [0.05, 0.1) is 10.0 Å². The summed E-state index contributed by atoms with van der Waals surface area (Å²) >= 11 is 11.4. The van der Waals surface area contributed by atoms with Crippen molar-refractivity contribution in [3.63, 3.8) is 0 Å². The fourth-order valence-corrected chi connectivity index (χ4v) is 1.73. The Bertz CT molecular complexity index is 387. The number of hydrogen-bond donors (Lipinski definition) is 2. The largest absolute Gasteiger partial charge is 0.505 e. The highest BCUT2D eigenvalue weighted by molar-refractivity contribution is 6.37. The van der Waals surface area contributed by atoms with Crippen molar-refractivity contribution in [3.05, 3.63) is 22.2 Å². The Balaban J connectivity index is 2.60. The molecule has 1 aromatic rings. The molecule has 94 valence electrons. The molecule has 0 heterocycles. The van der Waals surface area contributed by atoms with Crippen LogP contribution in [0.4, 0.5) is 5.69 Å². The first-order valence-electron chi connectivity index (χ1n) is 5.01. The van der Waals surface area contributed by atoms with Gasteiger partial charge >= 0.3 is 0 Å². The molecule has 0 spiro atoms. The second-order valence-electron chi connectivity index (χ2n) is 3.43. The number of phenolic OH excluding ortho intramolecular Hbond substituents is 1. The quantitative estimate of drug-likeness (QED) is 0.642. The summed E-state index contributed by atoms with van der Waals surface area (Å²) in [6, 6.07) is 2.88. The molecule has 0 bridgehead atoms. The Hall–Kier alpha value is -0.970. The van der Waals surface area contributed by atoms with Crippen LogP contribution in [0.3, 0.4) is 0 Å². The van der Waals surface area contributed by atoms with E-state index in [9.17, 15) is 9.90 Å². The second-order valence-corrected chi connectivity index (χ2v) is 4.25. The van der Waals surface area contributed by atoms with Crippen molar-refractivity contribution in [1.29, 1.82) is 0 Å². The van der Waals surface area contributed by atoms with Gasteiger partial charge in [-0.2, -0.15) is 0 Å². The van der Waals surface area contributed by atoms with Crippen molar-refractivity contribution in [2.75, 3.05) is 19.0 Å². The first-order chi connectivity index (χ1) is 8.04. The topological polar surface area (TPSA) is 58.6 Å². The van der Waals surface area contributed by atoms with E-state index in [2.05, 4.69) is 5.32 Å². The minimum Gasteiger partial charge on any atom is -0.505 e. The molecule has 4 nitrogen and oxygen atoms in total. The third kappa shape index (κ3) is 4.42. The van der Waals surface area contributed by atoms with Gasteiger partial charge in [-0.25, -0.2) is 0 Å². The Labute approximate surface area is 109 Å². The third-order valence-corrected chi connectivity index (χ3v) is 2.63. The average molecular weight is 278 g/mol. The van der Waals surface area contributed by atoms with Gasteiger partial charge in [0.2, 0.25) is 5.91 Å². The van der Waals surface area contributed by atoms with Crippen molar-refractivity contribution in [3.8, 4) is 5.75 Å². The zero-order valence-corrected chi connectivity index (χ0v) is 10.8. The lowest BCUT2D eigenvalue weighted by Crippen LogP contribution is -2.12. The number of methoxy groups -OCH3 is 1. The minimum atomic E-state index is -0.189. The van der Waals surface area contributed by atoms with Gasteiger partial charge in [0.25, 0.3) is 0 Å². The smallest absolute Gasteiger partial charge is 0.224 e. The van der Waals surface area contributed by atoms with Gasteiger partial charge in [0.1, 0.15) is 0 Å². The number of benzene rings is 1. The molecule has 0 aromatic heterocycles. The number of rotatable bonds is 5. The number of aromatic hydroxyl groups is 1. The molecule has 1 aromatic carbocycles. The maximum Gasteiger partial charge on any atom is 0.224 e. The van der Waals surface area contributed by atoms with Crippen LogP contribution in [0.1, 0.15) is 12.8 Å². The van der Waals surface area contributed by atoms with Gasteiger partial charge in [0.15, 0.2) is 5.75 Å². The van der Waals surface area contributed by atoms with Crippen LogP contribution in [0.25, 0.3) is 0 Å². The maximum absolute atomic E-state index is 11.5. The molecule has 0 aliphatic heterocycles. The number of carbonyl (C=O) groups excluding carboxylic acids is 1. The van der Waals surface area contributed by atoms with Crippen molar-refractivity contribution < 1.29 is 14.6 Å². The van der Waals surface area contributed by atoms with Gasteiger partial charge in [-0.05, 0) is 18.6 Å². The average Bonchev–Trinajstić information content (AvgIpc) is 2.26. The van der Waals surface area contributed by atoms with Crippen molar-refractivity contribution in [2.24, 2.45) is 0 Å². The predicted molar refractivity (Wildman–Crippen MR) is 67.9 cm³/mol. The Morgan fingerprint density at radius 3 is 2.53 bits per heavy atom. The number of anilines is 1. The molecule has 1 amide bonds. The van der Waals surface area contributed by atoms with Gasteiger partial charge in [-0.3, -0.25) is 4.79 Å². The minimum absolute atomic E-state index is 0.102. The van der Waals surface area contributed by atoms with E-state index in [-0.39, 0.29) is 21.7 Å². The number of phenols is 1. The number of halogens is 2. The van der Waals surface area contributed by atoms with Crippen LogP contribution in [0, 0.1) is 0 Å². The number of amides is 1. The number of hydrogen-bond acceptors (Lipinski definition) is 3. The van der Waals surface area contributed by atoms with Gasteiger partial charge in [0, 0.05) is 25.8 Å². The van der Waals surface area contributed by atoms with Crippen LogP contribution in [-0.4, -0.2) is 24.7 Å². The molecular weight excluding hydrogens is 265 g/mol. The summed E-state index contributed by atoms with van der Waals surface area (Å²) in [5, 5.41) is 12.2. The normalized spacial score (nSPS) is 10.3. The van der Waals surface area contributed by atoms with E-state index in [1.807, 2.05) is 0 Å². The zero-order valence-electron chi connectivity index (χ0n) is 9.30. The van der Waals surface area contributed by atoms with Crippen LogP contribution >= 0.6 is 23.2 Å². The summed E-state index contributed by atoms with van der Waals surface area (Å²) in [6.45, 7) is 0.532. The Kier molecular flexibility index (Phi) is 5.55. The molecule has 0 fully saturated rings. The molecule has 0 atom stereocenters. The molecule has 1 rings (SSSR count). The fourth-order valence-electron chi connectivity index (χ4n) is 1.24. The van der Waals surface area contributed by atoms with E-state index >= 15 is 0 Å². The van der Waals surface area contributed by atoms with Crippen molar-refractivity contribution >= 4 is 34.8 Å². The summed E-state index contributed by atoms with van der Waals surface area (Å²) in [7, 11) is 1.58. The molecule has 0 aliphatic rings. The molecule has 0 saturated heterocycles. The maximum atomic E-state index is 11.5. The van der Waals surface area contributed by atoms with Crippen molar-refractivity contribution in [1.82, 2.24) is 0 Å². The fraction of sp³-hybridized carbons (Fsp3) is 0.364. The first-order valence-corrected chi connectivity index (χ1v) is 5.77. The summed E-state index contributed by atoms with van der Waals surface area (Å²) in [4.78, 5) is 11.5. The van der Waals surface area contributed by atoms with E-state index in [1.54, 1.807) is 7.11 Å². The van der Waals surface area contributed by atoms with Gasteiger partial charge < -0.3 is 15.2 Å². The summed E-state index contributed by atoms with van der Waals surface area (Å²) in [5.41, 5.74) is 0.459. The predicted octanol–water partition coefficient (Wildman–Crippen LogP) is 3.06. The summed E-state index contributed by atoms with van der Waals surface area (Å²) < 4.78 is 4.84. The van der Waals surface area contributed by atoms with Crippen LogP contribution in [-0.2, 0) is 9.53 Å². The van der Waals surface area contributed by atoms with Crippen LogP contribution in [0.5, 0.6) is 5.75 Å². The van der Waals surface area contributed by atoms with Crippen molar-refractivity contribution in [2.45, 2.75) is 12.8 Å². The highest BCUT2D eigenvalue weighted by Crippen LogP contribution is 2.34. The highest BCUT2D eigenvalue weighted by atomic mass is 35.5. The molecule has 6 heteroatoms. The number of nitrogens with one attached hydrogen (secondary N) is 1. The van der Waals surface area contributed by atoms with E-state index in [0.29, 0.717) is 25.1 Å². The lowest BCUT2D eigenvalue weighted by molar-refractivity contribution is -0.116. The molecule has 17 heavy (non-hydrogen) atoms. The SMILES string of the molecule is COCCCC(=O)Nc1cc(Cl)c(O)c(Cl)c1. The summed E-state index contributed by atoms with van der Waals surface area (Å²) in [6.07, 6.45) is 0.992. The molecule has 0 radical (unpaired) electrons. The van der Waals surface area contributed by atoms with Crippen LogP contribution in [0.2, 0.25) is 10.0 Å². The van der Waals surface area contributed by atoms with E-state index in [1.165, 1.54) is 12.1 Å². The lowest BCUT2D eigenvalue weighted by Gasteiger charge is -2.07. The summed E-state index contributed by atoms with van der Waals surface area (Å²) in [5.74, 6) is -0.342. The van der Waals surface area contributed by atoms with Crippen LogP contribution < -0.4 is 5.32 Å². The molecule has 0 saturated carbocycles. The van der Waals surface area contributed by atoms with E-state index in [0.717, 1.165) is 0 Å². The molecule has 2 N–H and O–H groups in total. The number of ether oxygens (including phenoxy) is 1. The van der Waals surface area contributed by atoms with E-state index in [4.69, 9.17) is 27.9 Å². The Morgan fingerprint density at radius 2 is 2.00 bits per heavy atom. The molecular formula is C11H13Cl2NO3. The zero-order chi connectivity index (χ0) is 12.8. The van der Waals surface area contributed by atoms with Gasteiger partial charge in [-0.15, -0.1) is 0 Å². The lowest BCUT2D eigenvalue weighted by atomic mass is 10.2. The Morgan fingerprint density at radius 1 is 1.41 bits per heavy atom. The highest BCUT2D eigenvalue weighted by Gasteiger charge is 2.08. The standard InChI is InChI=1S/C11H13Cl2NO3/c1-17-4-2-3-10(15)14-7-5-8(12)11(16)9(13)6-7/h5-6,16H,2-4H2,1H3,(H,14,15). The monoisotopic (exact) mass is 277 g/mol. The van der Waals surface area contributed by atoms with E-state index < -0.39 is 0 Å². The first kappa shape index (κ1) is 14.1. The molecule has 0 unspecified atom stereocenters. The third-order valence-electron chi connectivity index (χ3n) is 2.05. The second kappa shape index (κ2) is 6.69. The number of carbonyl (C=O) groups is 1.